The van der Waals surface area contributed by atoms with Crippen molar-refractivity contribution in [3.8, 4) is 0 Å². The topological polar surface area (TPSA) is 81.1 Å². The van der Waals surface area contributed by atoms with Crippen LogP contribution >= 0.6 is 23.8 Å². The third-order valence-electron chi connectivity index (χ3n) is 2.33. The van der Waals surface area contributed by atoms with E-state index < -0.39 is 5.54 Å². The fourth-order valence-electron chi connectivity index (χ4n) is 1.66. The largest absolute Gasteiger partial charge is 0.389 e. The van der Waals surface area contributed by atoms with Crippen LogP contribution in [0.2, 0.25) is 5.02 Å². The summed E-state index contributed by atoms with van der Waals surface area (Å²) in [6, 6.07) is 5.27. The second kappa shape index (κ2) is 5.54. The Morgan fingerprint density at radius 2 is 2.06 bits per heavy atom. The monoisotopic (exact) mass is 285 g/mol. The lowest BCUT2D eigenvalue weighted by Crippen LogP contribution is -2.36. The Kier molecular flexibility index (Phi) is 4.53. The average molecular weight is 286 g/mol. The molecule has 1 aromatic carbocycles. The number of nitrogens with two attached hydrogens (primary N) is 2. The summed E-state index contributed by atoms with van der Waals surface area (Å²) < 4.78 is 0. The van der Waals surface area contributed by atoms with E-state index in [1.807, 2.05) is 19.9 Å². The van der Waals surface area contributed by atoms with Crippen LogP contribution in [0.1, 0.15) is 25.8 Å². The second-order valence-electron chi connectivity index (χ2n) is 4.71. The van der Waals surface area contributed by atoms with Crippen LogP contribution in [-0.2, 0) is 4.79 Å². The van der Waals surface area contributed by atoms with E-state index in [-0.39, 0.29) is 17.3 Å². The standard InChI is InChI=1S/C12H16ClN3OS/c1-12(2,6-10(14)17)16-7-3-4-8(11(15)18)9(13)5-7/h3-5,16H,6H2,1-2H3,(H2,14,17)(H2,15,18). The number of hydrogen-bond donors (Lipinski definition) is 3. The van der Waals surface area contributed by atoms with Crippen molar-refractivity contribution in [3.05, 3.63) is 28.8 Å². The van der Waals surface area contributed by atoms with Gasteiger partial charge in [0.1, 0.15) is 4.99 Å². The van der Waals surface area contributed by atoms with Crippen molar-refractivity contribution < 1.29 is 4.79 Å². The molecule has 6 heteroatoms. The first-order valence-electron chi connectivity index (χ1n) is 5.37. The number of benzene rings is 1. The zero-order valence-corrected chi connectivity index (χ0v) is 11.9. The van der Waals surface area contributed by atoms with E-state index in [9.17, 15) is 4.79 Å². The number of carbonyl (C=O) groups is 1. The van der Waals surface area contributed by atoms with Crippen LogP contribution in [0.4, 0.5) is 5.69 Å². The molecular weight excluding hydrogens is 270 g/mol. The molecule has 4 nitrogen and oxygen atoms in total. The van der Waals surface area contributed by atoms with Gasteiger partial charge in [0.2, 0.25) is 5.91 Å². The Morgan fingerprint density at radius 1 is 1.44 bits per heavy atom. The molecule has 0 saturated carbocycles. The molecule has 1 rings (SSSR count). The summed E-state index contributed by atoms with van der Waals surface area (Å²) in [6.45, 7) is 3.76. The van der Waals surface area contributed by atoms with Gasteiger partial charge in [-0.25, -0.2) is 0 Å². The van der Waals surface area contributed by atoms with Crippen LogP contribution in [0.25, 0.3) is 0 Å². The highest BCUT2D eigenvalue weighted by Crippen LogP contribution is 2.24. The van der Waals surface area contributed by atoms with Crippen LogP contribution in [0, 0.1) is 0 Å². The summed E-state index contributed by atoms with van der Waals surface area (Å²) in [5.74, 6) is -0.363. The molecule has 0 radical (unpaired) electrons. The third-order valence-corrected chi connectivity index (χ3v) is 2.87. The highest BCUT2D eigenvalue weighted by atomic mass is 35.5. The van der Waals surface area contributed by atoms with Crippen LogP contribution < -0.4 is 16.8 Å². The molecule has 1 aromatic rings. The molecule has 0 fully saturated rings. The number of nitrogens with one attached hydrogen (secondary N) is 1. The molecule has 0 saturated heterocycles. The van der Waals surface area contributed by atoms with Crippen molar-refractivity contribution in [1.29, 1.82) is 0 Å². The van der Waals surface area contributed by atoms with Gasteiger partial charge in [0.05, 0.1) is 5.02 Å². The first kappa shape index (κ1) is 14.7. The van der Waals surface area contributed by atoms with Crippen molar-refractivity contribution in [1.82, 2.24) is 0 Å². The summed E-state index contributed by atoms with van der Waals surface area (Å²) in [5, 5.41) is 3.66. The molecule has 5 N–H and O–H groups in total. The quantitative estimate of drug-likeness (QED) is 0.723. The molecule has 0 unspecified atom stereocenters. The van der Waals surface area contributed by atoms with Crippen molar-refractivity contribution in [3.63, 3.8) is 0 Å². The molecule has 0 bridgehead atoms. The fraction of sp³-hybridized carbons (Fsp3) is 0.333. The minimum Gasteiger partial charge on any atom is -0.389 e. The molecular formula is C12H16ClN3OS. The Bertz CT molecular complexity index is 488. The number of primary amides is 1. The predicted octanol–water partition coefficient (Wildman–Crippen LogP) is 2.04. The molecule has 0 aliphatic rings. The SMILES string of the molecule is CC(C)(CC(N)=O)Nc1ccc(C(N)=S)c(Cl)c1. The zero-order chi connectivity index (χ0) is 13.9. The maximum absolute atomic E-state index is 10.9. The lowest BCUT2D eigenvalue weighted by Gasteiger charge is -2.26. The highest BCUT2D eigenvalue weighted by molar-refractivity contribution is 7.80. The van der Waals surface area contributed by atoms with Crippen molar-refractivity contribution in [2.45, 2.75) is 25.8 Å². The Hall–Kier alpha value is -1.33. The van der Waals surface area contributed by atoms with E-state index in [1.165, 1.54) is 0 Å². The molecule has 0 aliphatic heterocycles. The molecule has 0 spiro atoms. The summed E-state index contributed by atoms with van der Waals surface area (Å²) in [7, 11) is 0. The lowest BCUT2D eigenvalue weighted by molar-refractivity contribution is -0.118. The Balaban J connectivity index is 2.89. The molecule has 0 heterocycles. The number of anilines is 1. The summed E-state index contributed by atoms with van der Waals surface area (Å²) in [5.41, 5.74) is 11.7. The van der Waals surface area contributed by atoms with E-state index >= 15 is 0 Å². The minimum absolute atomic E-state index is 0.224. The number of hydrogen-bond acceptors (Lipinski definition) is 3. The van der Waals surface area contributed by atoms with Gasteiger partial charge in [-0.05, 0) is 32.0 Å². The van der Waals surface area contributed by atoms with Gasteiger partial charge in [-0.3, -0.25) is 4.79 Å². The van der Waals surface area contributed by atoms with Crippen molar-refractivity contribution in [2.24, 2.45) is 11.5 Å². The van der Waals surface area contributed by atoms with Gasteiger partial charge < -0.3 is 16.8 Å². The average Bonchev–Trinajstić information content (AvgIpc) is 2.13. The maximum Gasteiger partial charge on any atom is 0.219 e. The van der Waals surface area contributed by atoms with E-state index in [0.29, 0.717) is 10.6 Å². The smallest absolute Gasteiger partial charge is 0.219 e. The van der Waals surface area contributed by atoms with Crippen LogP contribution in [0.15, 0.2) is 18.2 Å². The first-order valence-corrected chi connectivity index (χ1v) is 6.16. The summed E-state index contributed by atoms with van der Waals surface area (Å²) >= 11 is 10.9. The maximum atomic E-state index is 10.9. The van der Waals surface area contributed by atoms with E-state index in [0.717, 1.165) is 5.69 Å². The van der Waals surface area contributed by atoms with Gasteiger partial charge in [0.25, 0.3) is 0 Å². The van der Waals surface area contributed by atoms with Crippen LogP contribution in [0.5, 0.6) is 0 Å². The molecule has 0 aliphatic carbocycles. The van der Waals surface area contributed by atoms with Gasteiger partial charge in [0, 0.05) is 23.2 Å². The number of rotatable bonds is 5. The molecule has 0 atom stereocenters. The Labute approximate surface area is 117 Å². The molecule has 1 amide bonds. The minimum atomic E-state index is -0.445. The number of carbonyl (C=O) groups excluding carboxylic acids is 1. The fourth-order valence-corrected chi connectivity index (χ4v) is 2.18. The first-order chi connectivity index (χ1) is 8.21. The van der Waals surface area contributed by atoms with E-state index in [1.54, 1.807) is 12.1 Å². The Morgan fingerprint density at radius 3 is 2.50 bits per heavy atom. The van der Waals surface area contributed by atoms with Gasteiger partial charge in [-0.2, -0.15) is 0 Å². The zero-order valence-electron chi connectivity index (χ0n) is 10.3. The normalized spacial score (nSPS) is 11.1. The number of thiocarbonyl (C=S) groups is 1. The van der Waals surface area contributed by atoms with Gasteiger partial charge in [0.15, 0.2) is 0 Å². The molecule has 0 aromatic heterocycles. The third kappa shape index (κ3) is 4.16. The summed E-state index contributed by atoms with van der Waals surface area (Å²) in [4.78, 5) is 11.2. The second-order valence-corrected chi connectivity index (χ2v) is 5.56. The van der Waals surface area contributed by atoms with Gasteiger partial charge in [-0.1, -0.05) is 23.8 Å². The van der Waals surface area contributed by atoms with Crippen molar-refractivity contribution >= 4 is 40.4 Å². The predicted molar refractivity (Wildman–Crippen MR) is 78.9 cm³/mol. The molecule has 18 heavy (non-hydrogen) atoms. The van der Waals surface area contributed by atoms with Gasteiger partial charge >= 0.3 is 0 Å². The molecule has 98 valence electrons. The van der Waals surface area contributed by atoms with E-state index in [2.05, 4.69) is 5.32 Å². The van der Waals surface area contributed by atoms with E-state index in [4.69, 9.17) is 35.3 Å². The lowest BCUT2D eigenvalue weighted by atomic mass is 9.99. The van der Waals surface area contributed by atoms with Crippen LogP contribution in [0.3, 0.4) is 0 Å². The van der Waals surface area contributed by atoms with Crippen LogP contribution in [-0.4, -0.2) is 16.4 Å². The number of halogens is 1. The van der Waals surface area contributed by atoms with Crippen molar-refractivity contribution in [2.75, 3.05) is 5.32 Å². The summed E-state index contributed by atoms with van der Waals surface area (Å²) in [6.07, 6.45) is 0.224. The highest BCUT2D eigenvalue weighted by Gasteiger charge is 2.20. The number of amides is 1. The van der Waals surface area contributed by atoms with Gasteiger partial charge in [-0.15, -0.1) is 0 Å².